The lowest BCUT2D eigenvalue weighted by Gasteiger charge is -2.14. The molecule has 10 heteroatoms. The van der Waals surface area contributed by atoms with Gasteiger partial charge in [-0.25, -0.2) is 8.42 Å². The third-order valence-corrected chi connectivity index (χ3v) is 4.22. The van der Waals surface area contributed by atoms with Gasteiger partial charge in [-0.3, -0.25) is 4.68 Å². The predicted octanol–water partition coefficient (Wildman–Crippen LogP) is 3.08. The molecule has 0 aromatic carbocycles. The summed E-state index contributed by atoms with van der Waals surface area (Å²) in [4.78, 5) is -0.324. The molecule has 0 aliphatic carbocycles. The van der Waals surface area contributed by atoms with Crippen LogP contribution in [-0.2, 0) is 26.9 Å². The summed E-state index contributed by atoms with van der Waals surface area (Å²) >= 11 is 0. The van der Waals surface area contributed by atoms with Gasteiger partial charge in [0.25, 0.3) is 9.05 Å². The number of aromatic nitrogens is 2. The molecular formula is C11H16ClF3N2O3S. The molecule has 21 heavy (non-hydrogen) atoms. The van der Waals surface area contributed by atoms with E-state index < -0.39 is 28.2 Å². The SMILES string of the molecule is CC[C@@H](C)OCc1c(S(=O)(=O)Cl)cnn1CCC(F)(F)F. The van der Waals surface area contributed by atoms with E-state index in [1.54, 1.807) is 6.92 Å². The van der Waals surface area contributed by atoms with E-state index in [9.17, 15) is 21.6 Å². The summed E-state index contributed by atoms with van der Waals surface area (Å²) in [5.74, 6) is 0. The molecule has 0 saturated heterocycles. The molecule has 0 fully saturated rings. The zero-order valence-corrected chi connectivity index (χ0v) is 13.1. The molecule has 0 spiro atoms. The molecule has 0 aliphatic rings. The third-order valence-electron chi connectivity index (χ3n) is 2.86. The lowest BCUT2D eigenvalue weighted by Crippen LogP contribution is -2.17. The predicted molar refractivity (Wildman–Crippen MR) is 70.5 cm³/mol. The van der Waals surface area contributed by atoms with Gasteiger partial charge in [0.1, 0.15) is 4.90 Å². The van der Waals surface area contributed by atoms with Crippen molar-refractivity contribution in [3.63, 3.8) is 0 Å². The fraction of sp³-hybridized carbons (Fsp3) is 0.727. The smallest absolute Gasteiger partial charge is 0.372 e. The summed E-state index contributed by atoms with van der Waals surface area (Å²) in [6.45, 7) is 2.97. The Labute approximate surface area is 125 Å². The monoisotopic (exact) mass is 348 g/mol. The van der Waals surface area contributed by atoms with E-state index in [1.165, 1.54) is 0 Å². The first-order valence-corrected chi connectivity index (χ1v) is 8.53. The van der Waals surface area contributed by atoms with Crippen molar-refractivity contribution in [1.29, 1.82) is 0 Å². The number of halogens is 4. The van der Waals surface area contributed by atoms with E-state index in [0.29, 0.717) is 6.42 Å². The maximum atomic E-state index is 12.3. The maximum absolute atomic E-state index is 12.3. The molecule has 122 valence electrons. The molecule has 1 aromatic heterocycles. The summed E-state index contributed by atoms with van der Waals surface area (Å²) < 4.78 is 66.0. The van der Waals surface area contributed by atoms with Gasteiger partial charge in [-0.15, -0.1) is 0 Å². The van der Waals surface area contributed by atoms with Crippen molar-refractivity contribution in [2.75, 3.05) is 0 Å². The lowest BCUT2D eigenvalue weighted by molar-refractivity contribution is -0.137. The van der Waals surface area contributed by atoms with Crippen molar-refractivity contribution in [1.82, 2.24) is 9.78 Å². The summed E-state index contributed by atoms with van der Waals surface area (Å²) in [6.07, 6.45) is -4.02. The maximum Gasteiger partial charge on any atom is 0.390 e. The fourth-order valence-corrected chi connectivity index (χ4v) is 2.51. The van der Waals surface area contributed by atoms with Crippen molar-refractivity contribution >= 4 is 19.7 Å². The van der Waals surface area contributed by atoms with Crippen LogP contribution in [-0.4, -0.2) is 30.5 Å². The van der Waals surface area contributed by atoms with Gasteiger partial charge >= 0.3 is 6.18 Å². The first kappa shape index (κ1) is 18.2. The van der Waals surface area contributed by atoms with E-state index in [1.807, 2.05) is 6.92 Å². The zero-order chi connectivity index (χ0) is 16.3. The normalized spacial score (nSPS) is 14.4. The fourth-order valence-electron chi connectivity index (χ4n) is 1.51. The quantitative estimate of drug-likeness (QED) is 0.710. The topological polar surface area (TPSA) is 61.2 Å². The number of rotatable bonds is 7. The molecule has 1 rings (SSSR count). The van der Waals surface area contributed by atoms with Gasteiger partial charge in [0.2, 0.25) is 0 Å². The van der Waals surface area contributed by atoms with E-state index in [4.69, 9.17) is 15.4 Å². The molecule has 5 nitrogen and oxygen atoms in total. The number of hydrogen-bond donors (Lipinski definition) is 0. The van der Waals surface area contributed by atoms with Crippen LogP contribution in [0.5, 0.6) is 0 Å². The molecule has 1 heterocycles. The van der Waals surface area contributed by atoms with Crippen molar-refractivity contribution in [3.05, 3.63) is 11.9 Å². The Morgan fingerprint density at radius 2 is 2.10 bits per heavy atom. The molecule has 0 N–H and O–H groups in total. The van der Waals surface area contributed by atoms with Gasteiger partial charge in [-0.1, -0.05) is 6.92 Å². The van der Waals surface area contributed by atoms with Crippen LogP contribution in [0.1, 0.15) is 32.4 Å². The zero-order valence-electron chi connectivity index (χ0n) is 11.5. The molecule has 0 saturated carbocycles. The van der Waals surface area contributed by atoms with Crippen LogP contribution in [0.4, 0.5) is 13.2 Å². The highest BCUT2D eigenvalue weighted by Gasteiger charge is 2.29. The van der Waals surface area contributed by atoms with E-state index in [2.05, 4.69) is 5.10 Å². The van der Waals surface area contributed by atoms with Gasteiger partial charge in [0.05, 0.1) is 31.0 Å². The first-order valence-electron chi connectivity index (χ1n) is 6.22. The van der Waals surface area contributed by atoms with Crippen LogP contribution < -0.4 is 0 Å². The van der Waals surface area contributed by atoms with Crippen molar-refractivity contribution in [2.24, 2.45) is 0 Å². The number of nitrogens with zero attached hydrogens (tertiary/aromatic N) is 2. The second-order valence-corrected chi connectivity index (χ2v) is 7.05. The Kier molecular flexibility index (Phi) is 6.06. The van der Waals surface area contributed by atoms with Gasteiger partial charge < -0.3 is 4.74 Å². The Morgan fingerprint density at radius 1 is 1.48 bits per heavy atom. The number of alkyl halides is 3. The van der Waals surface area contributed by atoms with Crippen molar-refractivity contribution in [2.45, 2.75) is 57.0 Å². The highest BCUT2D eigenvalue weighted by Crippen LogP contribution is 2.24. The van der Waals surface area contributed by atoms with Crippen LogP contribution in [0.3, 0.4) is 0 Å². The van der Waals surface area contributed by atoms with Crippen molar-refractivity contribution in [3.8, 4) is 0 Å². The molecule has 0 unspecified atom stereocenters. The molecule has 0 amide bonds. The van der Waals surface area contributed by atoms with Gasteiger partial charge in [-0.05, 0) is 13.3 Å². The Hall–Kier alpha value is -0.800. The highest BCUT2D eigenvalue weighted by molar-refractivity contribution is 8.13. The van der Waals surface area contributed by atoms with Crippen LogP contribution in [0.15, 0.2) is 11.1 Å². The number of hydrogen-bond acceptors (Lipinski definition) is 4. The number of aryl methyl sites for hydroxylation is 1. The molecule has 0 radical (unpaired) electrons. The second kappa shape index (κ2) is 6.97. The second-order valence-electron chi connectivity index (χ2n) is 4.51. The molecule has 0 aliphatic heterocycles. The van der Waals surface area contributed by atoms with Crippen molar-refractivity contribution < 1.29 is 26.3 Å². The van der Waals surface area contributed by atoms with Crippen LogP contribution >= 0.6 is 10.7 Å². The largest absolute Gasteiger partial charge is 0.390 e. The Morgan fingerprint density at radius 3 is 2.57 bits per heavy atom. The van der Waals surface area contributed by atoms with E-state index in [0.717, 1.165) is 10.9 Å². The number of ether oxygens (including phenoxy) is 1. The molecule has 1 aromatic rings. The summed E-state index contributed by atoms with van der Waals surface area (Å²) in [6, 6.07) is 0. The van der Waals surface area contributed by atoms with Gasteiger partial charge in [0, 0.05) is 17.2 Å². The van der Waals surface area contributed by atoms with Gasteiger partial charge in [0.15, 0.2) is 0 Å². The minimum Gasteiger partial charge on any atom is -0.372 e. The Balaban J connectivity index is 3.00. The molecule has 1 atom stereocenters. The summed E-state index contributed by atoms with van der Waals surface area (Å²) in [7, 11) is 1.16. The lowest BCUT2D eigenvalue weighted by atomic mass is 10.3. The average Bonchev–Trinajstić information content (AvgIpc) is 2.75. The summed E-state index contributed by atoms with van der Waals surface area (Å²) in [5.41, 5.74) is 0.0227. The average molecular weight is 349 g/mol. The minimum atomic E-state index is -4.36. The highest BCUT2D eigenvalue weighted by atomic mass is 35.7. The molecular weight excluding hydrogens is 333 g/mol. The standard InChI is InChI=1S/C11H16ClF3N2O3S/c1-3-8(2)20-7-9-10(21(12,18)19)6-16-17(9)5-4-11(13,14)15/h6,8H,3-5,7H2,1-2H3/t8-/m1/s1. The van der Waals surface area contributed by atoms with E-state index in [-0.39, 0.29) is 23.3 Å². The Bertz CT molecular complexity index is 572. The van der Waals surface area contributed by atoms with Crippen LogP contribution in [0.25, 0.3) is 0 Å². The van der Waals surface area contributed by atoms with Crippen LogP contribution in [0.2, 0.25) is 0 Å². The summed E-state index contributed by atoms with van der Waals surface area (Å²) in [5, 5.41) is 3.66. The first-order chi connectivity index (χ1) is 9.54. The van der Waals surface area contributed by atoms with Gasteiger partial charge in [-0.2, -0.15) is 18.3 Å². The third kappa shape index (κ3) is 5.84. The molecule has 0 bridgehead atoms. The van der Waals surface area contributed by atoms with Crippen LogP contribution in [0, 0.1) is 0 Å². The minimum absolute atomic E-state index is 0.0227. The van der Waals surface area contributed by atoms with E-state index >= 15 is 0 Å².